The molecular formula is C3H3FN3+. The minimum atomic E-state index is 0.188. The molecule has 0 aliphatic carbocycles. The lowest BCUT2D eigenvalue weighted by molar-refractivity contribution is -0.892. The smallest absolute Gasteiger partial charge is 0.232 e. The van der Waals surface area contributed by atoms with Crippen molar-refractivity contribution in [2.24, 2.45) is 0 Å². The summed E-state index contributed by atoms with van der Waals surface area (Å²) in [6.07, 6.45) is 3.55. The highest BCUT2D eigenvalue weighted by molar-refractivity contribution is 4.52. The van der Waals surface area contributed by atoms with E-state index in [4.69, 9.17) is 0 Å². The minimum absolute atomic E-state index is 0.188. The molecule has 1 aromatic heterocycles. The topological polar surface area (TPSA) is 29.7 Å². The summed E-state index contributed by atoms with van der Waals surface area (Å²) in [7, 11) is 0. The van der Waals surface area contributed by atoms with Gasteiger partial charge >= 0.3 is 0 Å². The first-order valence-corrected chi connectivity index (χ1v) is 1.74. The molecule has 0 N–H and O–H groups in total. The minimum Gasteiger partial charge on any atom is -0.232 e. The predicted octanol–water partition coefficient (Wildman–Crippen LogP) is -0.503. The zero-order valence-electron chi connectivity index (χ0n) is 3.45. The van der Waals surface area contributed by atoms with E-state index in [1.54, 1.807) is 0 Å². The maximum Gasteiger partial charge on any atom is 0.268 e. The van der Waals surface area contributed by atoms with Crippen molar-refractivity contribution in [3.8, 4) is 0 Å². The Morgan fingerprint density at radius 3 is 2.71 bits per heavy atom. The van der Waals surface area contributed by atoms with Crippen LogP contribution in [0.15, 0.2) is 18.7 Å². The second-order valence-corrected chi connectivity index (χ2v) is 0.967. The third-order valence-electron chi connectivity index (χ3n) is 0.504. The summed E-state index contributed by atoms with van der Waals surface area (Å²) in [6, 6.07) is 0. The van der Waals surface area contributed by atoms with Crippen LogP contribution >= 0.6 is 0 Å². The quantitative estimate of drug-likeness (QED) is 0.439. The van der Waals surface area contributed by atoms with E-state index in [2.05, 4.69) is 10.1 Å². The van der Waals surface area contributed by atoms with E-state index in [0.29, 0.717) is 0 Å². The van der Waals surface area contributed by atoms with Crippen molar-refractivity contribution in [3.05, 3.63) is 18.7 Å². The molecule has 0 spiro atoms. The summed E-state index contributed by atoms with van der Waals surface area (Å²) in [5.74, 6) is 0. The molecule has 0 aliphatic heterocycles. The largest absolute Gasteiger partial charge is 0.268 e. The van der Waals surface area contributed by atoms with Gasteiger partial charge in [-0.05, 0) is 0 Å². The SMILES string of the molecule is F[n+]1ccncn1. The van der Waals surface area contributed by atoms with Crippen LogP contribution in [0.5, 0.6) is 0 Å². The van der Waals surface area contributed by atoms with Gasteiger partial charge in [-0.15, -0.1) is 0 Å². The Hall–Kier alpha value is -1.06. The summed E-state index contributed by atoms with van der Waals surface area (Å²) in [4.78, 5) is 3.66. The highest BCUT2D eigenvalue weighted by atomic mass is 19.2. The molecular weight excluding hydrogens is 97.1 g/mol. The molecule has 0 saturated carbocycles. The van der Waals surface area contributed by atoms with Crippen LogP contribution in [0.3, 0.4) is 0 Å². The molecule has 0 radical (unpaired) electrons. The molecule has 0 unspecified atom stereocenters. The molecule has 1 heterocycles. The lowest BCUT2D eigenvalue weighted by Gasteiger charge is -1.67. The number of hydrogen-bond donors (Lipinski definition) is 0. The van der Waals surface area contributed by atoms with E-state index >= 15 is 0 Å². The Morgan fingerprint density at radius 1 is 1.57 bits per heavy atom. The zero-order chi connectivity index (χ0) is 5.11. The maximum absolute atomic E-state index is 11.7. The number of nitrogens with zero attached hydrogens (tertiary/aromatic N) is 3. The first-order chi connectivity index (χ1) is 3.39. The van der Waals surface area contributed by atoms with Crippen LogP contribution in [0.4, 0.5) is 4.48 Å². The van der Waals surface area contributed by atoms with Crippen LogP contribution in [-0.2, 0) is 0 Å². The Labute approximate surface area is 39.4 Å². The van der Waals surface area contributed by atoms with Gasteiger partial charge in [0.05, 0.1) is 5.10 Å². The van der Waals surface area contributed by atoms with E-state index in [-0.39, 0.29) is 4.90 Å². The highest BCUT2D eigenvalue weighted by Gasteiger charge is 1.89. The molecule has 1 aromatic rings. The Morgan fingerprint density at radius 2 is 2.43 bits per heavy atom. The van der Waals surface area contributed by atoms with Crippen LogP contribution in [0.2, 0.25) is 0 Å². The molecule has 0 amide bonds. The first-order valence-electron chi connectivity index (χ1n) is 1.74. The van der Waals surface area contributed by atoms with Gasteiger partial charge in [-0.25, -0.2) is 4.98 Å². The summed E-state index contributed by atoms with van der Waals surface area (Å²) in [6.45, 7) is 0. The van der Waals surface area contributed by atoms with Crippen molar-refractivity contribution in [2.75, 3.05) is 0 Å². The van der Waals surface area contributed by atoms with Crippen molar-refractivity contribution >= 4 is 0 Å². The average Bonchev–Trinajstić information content (AvgIpc) is 1.69. The van der Waals surface area contributed by atoms with Crippen LogP contribution in [0, 0.1) is 0 Å². The molecule has 1 rings (SSSR count). The summed E-state index contributed by atoms with van der Waals surface area (Å²) in [5, 5.41) is 3.12. The predicted molar refractivity (Wildman–Crippen MR) is 18.7 cm³/mol. The van der Waals surface area contributed by atoms with E-state index < -0.39 is 0 Å². The Balaban J connectivity index is 3.02. The van der Waals surface area contributed by atoms with Gasteiger partial charge in [0.2, 0.25) is 0 Å². The van der Waals surface area contributed by atoms with Gasteiger partial charge < -0.3 is 0 Å². The highest BCUT2D eigenvalue weighted by Crippen LogP contribution is 1.59. The second-order valence-electron chi connectivity index (χ2n) is 0.967. The van der Waals surface area contributed by atoms with Crippen LogP contribution < -0.4 is 4.90 Å². The van der Waals surface area contributed by atoms with Gasteiger partial charge in [0.15, 0.2) is 6.33 Å². The Bertz CT molecular complexity index is 140. The lowest BCUT2D eigenvalue weighted by atomic mass is 10.9. The third kappa shape index (κ3) is 0.887. The zero-order valence-corrected chi connectivity index (χ0v) is 3.45. The molecule has 7 heavy (non-hydrogen) atoms. The molecule has 0 bridgehead atoms. The van der Waals surface area contributed by atoms with Gasteiger partial charge in [0, 0.05) is 0 Å². The molecule has 0 aromatic carbocycles. The summed E-state index contributed by atoms with van der Waals surface area (Å²) >= 11 is 0. The third-order valence-corrected chi connectivity index (χ3v) is 0.504. The van der Waals surface area contributed by atoms with Crippen LogP contribution in [0.1, 0.15) is 0 Å². The number of aromatic nitrogens is 3. The number of rotatable bonds is 0. The van der Waals surface area contributed by atoms with Crippen molar-refractivity contribution in [1.29, 1.82) is 0 Å². The van der Waals surface area contributed by atoms with E-state index in [1.165, 1.54) is 6.20 Å². The summed E-state index contributed by atoms with van der Waals surface area (Å²) < 4.78 is 11.7. The fourth-order valence-electron chi connectivity index (χ4n) is 0.250. The monoisotopic (exact) mass is 100 g/mol. The molecule has 0 fully saturated rings. The van der Waals surface area contributed by atoms with E-state index in [0.717, 1.165) is 12.5 Å². The molecule has 3 nitrogen and oxygen atoms in total. The van der Waals surface area contributed by atoms with Crippen LogP contribution in [0.25, 0.3) is 0 Å². The molecule has 4 heteroatoms. The van der Waals surface area contributed by atoms with Crippen molar-refractivity contribution < 1.29 is 9.39 Å². The first kappa shape index (κ1) is 4.11. The maximum atomic E-state index is 11.7. The Kier molecular flexibility index (Phi) is 0.934. The lowest BCUT2D eigenvalue weighted by Crippen LogP contribution is -2.25. The van der Waals surface area contributed by atoms with Gasteiger partial charge in [0.25, 0.3) is 6.20 Å². The fraction of sp³-hybridized carbons (Fsp3) is 0. The standard InChI is InChI=1S/C3H3FN3/c4-7-2-1-5-3-6-7/h1-3H/q+1. The average molecular weight is 100 g/mol. The van der Waals surface area contributed by atoms with Gasteiger partial charge in [-0.2, -0.15) is 0 Å². The second kappa shape index (κ2) is 1.59. The van der Waals surface area contributed by atoms with E-state index in [1.807, 2.05) is 0 Å². The van der Waals surface area contributed by atoms with Gasteiger partial charge in [-0.1, -0.05) is 0 Å². The normalized spacial score (nSPS) is 8.71. The van der Waals surface area contributed by atoms with Crippen LogP contribution in [-0.4, -0.2) is 10.1 Å². The van der Waals surface area contributed by atoms with Gasteiger partial charge in [-0.3, -0.25) is 0 Å². The van der Waals surface area contributed by atoms with Crippen molar-refractivity contribution in [1.82, 2.24) is 10.1 Å². The molecule has 0 aliphatic rings. The molecule has 36 valence electrons. The summed E-state index contributed by atoms with van der Waals surface area (Å²) in [5.41, 5.74) is 0. The fourth-order valence-corrected chi connectivity index (χ4v) is 0.250. The molecule has 0 atom stereocenters. The van der Waals surface area contributed by atoms with Gasteiger partial charge in [0.1, 0.15) is 15.6 Å². The molecule has 0 saturated heterocycles. The van der Waals surface area contributed by atoms with Crippen molar-refractivity contribution in [2.45, 2.75) is 0 Å². The van der Waals surface area contributed by atoms with E-state index in [9.17, 15) is 4.48 Å². The van der Waals surface area contributed by atoms with Crippen molar-refractivity contribution in [3.63, 3.8) is 0 Å². The number of hydrogen-bond acceptors (Lipinski definition) is 2. The number of halogens is 1.